The molecule has 1 aliphatic carbocycles. The Balaban J connectivity index is 1.46. The van der Waals surface area contributed by atoms with Gasteiger partial charge in [-0.05, 0) is 53.0 Å². The van der Waals surface area contributed by atoms with Gasteiger partial charge in [0.05, 0.1) is 5.69 Å². The Morgan fingerprint density at radius 3 is 2.23 bits per heavy atom. The standard InChI is InChI=1S/C18H20BrN3/c19-16-8-9-17(20-18(16)14-6-7-14)22-12-10-21(11-13-22)15-4-2-1-3-5-15/h1-5,8-9,14H,6-7,10-13H2. The quantitative estimate of drug-likeness (QED) is 0.825. The molecule has 0 spiro atoms. The topological polar surface area (TPSA) is 19.4 Å². The molecule has 0 amide bonds. The van der Waals surface area contributed by atoms with Gasteiger partial charge in [-0.25, -0.2) is 4.98 Å². The fourth-order valence-corrected chi connectivity index (χ4v) is 3.64. The molecule has 0 atom stereocenters. The third kappa shape index (κ3) is 2.84. The van der Waals surface area contributed by atoms with E-state index in [1.807, 2.05) is 0 Å². The number of pyridine rings is 1. The lowest BCUT2D eigenvalue weighted by molar-refractivity contribution is 0.646. The largest absolute Gasteiger partial charge is 0.368 e. The van der Waals surface area contributed by atoms with Gasteiger partial charge in [-0.2, -0.15) is 0 Å². The molecule has 1 aromatic carbocycles. The van der Waals surface area contributed by atoms with E-state index < -0.39 is 0 Å². The summed E-state index contributed by atoms with van der Waals surface area (Å²) in [5.41, 5.74) is 2.58. The Morgan fingerprint density at radius 1 is 0.864 bits per heavy atom. The highest BCUT2D eigenvalue weighted by Crippen LogP contribution is 2.42. The van der Waals surface area contributed by atoms with E-state index in [4.69, 9.17) is 4.98 Å². The normalized spacial score (nSPS) is 18.6. The Kier molecular flexibility index (Phi) is 3.78. The van der Waals surface area contributed by atoms with Crippen LogP contribution in [0.2, 0.25) is 0 Å². The molecule has 1 aliphatic heterocycles. The molecule has 1 saturated carbocycles. The Bertz CT molecular complexity index is 647. The summed E-state index contributed by atoms with van der Waals surface area (Å²) in [5.74, 6) is 1.82. The predicted octanol–water partition coefficient (Wildman–Crippen LogP) is 4.05. The maximum atomic E-state index is 4.92. The number of aromatic nitrogens is 1. The first kappa shape index (κ1) is 14.1. The molecule has 4 rings (SSSR count). The van der Waals surface area contributed by atoms with Crippen molar-refractivity contribution in [3.63, 3.8) is 0 Å². The first-order chi connectivity index (χ1) is 10.8. The zero-order valence-electron chi connectivity index (χ0n) is 12.6. The zero-order chi connectivity index (χ0) is 14.9. The molecule has 0 N–H and O–H groups in total. The van der Waals surface area contributed by atoms with Gasteiger partial charge >= 0.3 is 0 Å². The summed E-state index contributed by atoms with van der Waals surface area (Å²) in [6.07, 6.45) is 2.58. The highest BCUT2D eigenvalue weighted by Gasteiger charge is 2.28. The lowest BCUT2D eigenvalue weighted by atomic mass is 10.2. The van der Waals surface area contributed by atoms with Crippen molar-refractivity contribution in [1.82, 2.24) is 4.98 Å². The molecule has 2 aliphatic rings. The van der Waals surface area contributed by atoms with Crippen LogP contribution in [0, 0.1) is 0 Å². The molecule has 0 radical (unpaired) electrons. The predicted molar refractivity (Wildman–Crippen MR) is 94.8 cm³/mol. The maximum absolute atomic E-state index is 4.92. The minimum absolute atomic E-state index is 0.680. The SMILES string of the molecule is Brc1ccc(N2CCN(c3ccccc3)CC2)nc1C1CC1. The van der Waals surface area contributed by atoms with E-state index in [0.717, 1.165) is 32.0 Å². The molecule has 1 aromatic heterocycles. The molecule has 2 fully saturated rings. The minimum atomic E-state index is 0.680. The Hall–Kier alpha value is -1.55. The van der Waals surface area contributed by atoms with Gasteiger partial charge in [0, 0.05) is 42.3 Å². The van der Waals surface area contributed by atoms with Crippen molar-refractivity contribution >= 4 is 27.4 Å². The van der Waals surface area contributed by atoms with E-state index in [9.17, 15) is 0 Å². The monoisotopic (exact) mass is 357 g/mol. The van der Waals surface area contributed by atoms with Crippen LogP contribution in [-0.4, -0.2) is 31.2 Å². The maximum Gasteiger partial charge on any atom is 0.129 e. The summed E-state index contributed by atoms with van der Waals surface area (Å²) in [6.45, 7) is 4.18. The fourth-order valence-electron chi connectivity index (χ4n) is 3.10. The van der Waals surface area contributed by atoms with Crippen LogP contribution in [0.25, 0.3) is 0 Å². The van der Waals surface area contributed by atoms with E-state index in [-0.39, 0.29) is 0 Å². The van der Waals surface area contributed by atoms with E-state index in [2.05, 4.69) is 68.2 Å². The third-order valence-corrected chi connectivity index (χ3v) is 5.22. The third-order valence-electron chi connectivity index (χ3n) is 4.55. The highest BCUT2D eigenvalue weighted by atomic mass is 79.9. The van der Waals surface area contributed by atoms with Gasteiger partial charge in [0.1, 0.15) is 5.82 Å². The van der Waals surface area contributed by atoms with Crippen molar-refractivity contribution in [2.75, 3.05) is 36.0 Å². The molecule has 2 heterocycles. The number of rotatable bonds is 3. The summed E-state index contributed by atoms with van der Waals surface area (Å²) in [7, 11) is 0. The number of halogens is 1. The summed E-state index contributed by atoms with van der Waals surface area (Å²) < 4.78 is 1.17. The minimum Gasteiger partial charge on any atom is -0.368 e. The van der Waals surface area contributed by atoms with E-state index in [1.54, 1.807) is 0 Å². The van der Waals surface area contributed by atoms with Crippen LogP contribution < -0.4 is 9.80 Å². The molecule has 114 valence electrons. The first-order valence-corrected chi connectivity index (χ1v) is 8.82. The number of hydrogen-bond acceptors (Lipinski definition) is 3. The molecule has 22 heavy (non-hydrogen) atoms. The number of nitrogens with zero attached hydrogens (tertiary/aromatic N) is 3. The van der Waals surface area contributed by atoms with Crippen molar-refractivity contribution in [1.29, 1.82) is 0 Å². The molecule has 0 bridgehead atoms. The van der Waals surface area contributed by atoms with Crippen molar-refractivity contribution in [3.8, 4) is 0 Å². The summed E-state index contributed by atoms with van der Waals surface area (Å²) in [4.78, 5) is 9.79. The molecular formula is C18H20BrN3. The van der Waals surface area contributed by atoms with Gasteiger partial charge in [0.2, 0.25) is 0 Å². The molecule has 1 saturated heterocycles. The Labute approximate surface area is 140 Å². The van der Waals surface area contributed by atoms with Crippen LogP contribution in [0.3, 0.4) is 0 Å². The van der Waals surface area contributed by atoms with Gasteiger partial charge < -0.3 is 9.80 Å². The van der Waals surface area contributed by atoms with Crippen LogP contribution in [0.15, 0.2) is 46.9 Å². The van der Waals surface area contributed by atoms with Crippen molar-refractivity contribution < 1.29 is 0 Å². The van der Waals surface area contributed by atoms with Crippen LogP contribution >= 0.6 is 15.9 Å². The number of hydrogen-bond donors (Lipinski definition) is 0. The van der Waals surface area contributed by atoms with Crippen LogP contribution in [0.4, 0.5) is 11.5 Å². The number of para-hydroxylation sites is 1. The van der Waals surface area contributed by atoms with Crippen LogP contribution in [-0.2, 0) is 0 Å². The van der Waals surface area contributed by atoms with Gasteiger partial charge in [-0.15, -0.1) is 0 Å². The number of anilines is 2. The summed E-state index contributed by atoms with van der Waals surface area (Å²) in [6, 6.07) is 15.0. The van der Waals surface area contributed by atoms with Crippen LogP contribution in [0.5, 0.6) is 0 Å². The second-order valence-corrected chi connectivity index (χ2v) is 6.97. The van der Waals surface area contributed by atoms with Gasteiger partial charge in [0.15, 0.2) is 0 Å². The molecule has 4 heteroatoms. The average molecular weight is 358 g/mol. The summed E-state index contributed by atoms with van der Waals surface area (Å²) >= 11 is 3.65. The van der Waals surface area contributed by atoms with Gasteiger partial charge in [0.25, 0.3) is 0 Å². The zero-order valence-corrected chi connectivity index (χ0v) is 14.2. The van der Waals surface area contributed by atoms with E-state index in [1.165, 1.54) is 28.7 Å². The van der Waals surface area contributed by atoms with E-state index in [0.29, 0.717) is 5.92 Å². The number of piperazine rings is 1. The van der Waals surface area contributed by atoms with E-state index >= 15 is 0 Å². The van der Waals surface area contributed by atoms with Gasteiger partial charge in [-0.1, -0.05) is 18.2 Å². The fraction of sp³-hybridized carbons (Fsp3) is 0.389. The first-order valence-electron chi connectivity index (χ1n) is 8.02. The lowest BCUT2D eigenvalue weighted by Crippen LogP contribution is -2.46. The van der Waals surface area contributed by atoms with Crippen LogP contribution in [0.1, 0.15) is 24.5 Å². The van der Waals surface area contributed by atoms with Crippen molar-refractivity contribution in [2.24, 2.45) is 0 Å². The number of benzene rings is 1. The lowest BCUT2D eigenvalue weighted by Gasteiger charge is -2.37. The molecule has 3 nitrogen and oxygen atoms in total. The molecule has 2 aromatic rings. The van der Waals surface area contributed by atoms with Crippen molar-refractivity contribution in [2.45, 2.75) is 18.8 Å². The second kappa shape index (κ2) is 5.92. The Morgan fingerprint density at radius 2 is 1.55 bits per heavy atom. The average Bonchev–Trinajstić information content (AvgIpc) is 3.41. The molecule has 0 unspecified atom stereocenters. The second-order valence-electron chi connectivity index (χ2n) is 6.12. The summed E-state index contributed by atoms with van der Waals surface area (Å²) in [5, 5.41) is 0. The molecular weight excluding hydrogens is 338 g/mol. The van der Waals surface area contributed by atoms with Gasteiger partial charge in [-0.3, -0.25) is 0 Å². The highest BCUT2D eigenvalue weighted by molar-refractivity contribution is 9.10. The van der Waals surface area contributed by atoms with Crippen molar-refractivity contribution in [3.05, 3.63) is 52.6 Å². The smallest absolute Gasteiger partial charge is 0.129 e.